The van der Waals surface area contributed by atoms with Crippen molar-refractivity contribution in [2.24, 2.45) is 22.9 Å². The van der Waals surface area contributed by atoms with Gasteiger partial charge in [-0.2, -0.15) is 15.0 Å². The number of rotatable bonds is 7. The second-order valence-electron chi connectivity index (χ2n) is 11.9. The van der Waals surface area contributed by atoms with Crippen LogP contribution in [0.5, 0.6) is 5.75 Å². The van der Waals surface area contributed by atoms with Gasteiger partial charge in [0.15, 0.2) is 0 Å². The highest BCUT2D eigenvalue weighted by Crippen LogP contribution is 2.32. The van der Waals surface area contributed by atoms with Crippen molar-refractivity contribution in [3.05, 3.63) is 78.9 Å². The van der Waals surface area contributed by atoms with Gasteiger partial charge in [-0.15, -0.1) is 0 Å². The van der Waals surface area contributed by atoms with Crippen molar-refractivity contribution >= 4 is 46.6 Å². The Hall–Kier alpha value is -5.02. The molecule has 14 heteroatoms. The van der Waals surface area contributed by atoms with Crippen molar-refractivity contribution in [1.29, 1.82) is 0 Å². The van der Waals surface area contributed by atoms with Gasteiger partial charge in [-0.1, -0.05) is 36.4 Å². The van der Waals surface area contributed by atoms with E-state index in [1.54, 1.807) is 12.1 Å². The summed E-state index contributed by atoms with van der Waals surface area (Å²) in [6.45, 7) is 2.20. The third-order valence-electron chi connectivity index (χ3n) is 7.94. The second-order valence-corrected chi connectivity index (χ2v) is 11.9. The number of anilines is 7. The standard InChI is InChI=1S/C32H40N12O2/c33-20-13-21(34)17-42(16-20)30-39-29(40-31(41-30)43-18-22(35)14-23(36)19-43)37-24-11-12-27(28(45)15-24)38-32(46)44(25-7-3-1-4-8-25)26-9-5-2-6-10-26/h1-12,15,20-23,45H,13-14,16-19,33-36H2,(H,38,46)(H,37,39,40,41). The predicted molar refractivity (Wildman–Crippen MR) is 181 cm³/mol. The first-order valence-electron chi connectivity index (χ1n) is 15.3. The minimum atomic E-state index is -0.434. The molecule has 0 aliphatic carbocycles. The van der Waals surface area contributed by atoms with E-state index in [4.69, 9.17) is 27.9 Å². The molecule has 0 radical (unpaired) electrons. The number of nitrogens with zero attached hydrogens (tertiary/aromatic N) is 6. The van der Waals surface area contributed by atoms with Crippen LogP contribution >= 0.6 is 0 Å². The van der Waals surface area contributed by atoms with E-state index in [-0.39, 0.29) is 41.6 Å². The average Bonchev–Trinajstić information content (AvgIpc) is 3.02. The summed E-state index contributed by atoms with van der Waals surface area (Å²) in [7, 11) is 0. The number of benzene rings is 3. The van der Waals surface area contributed by atoms with Crippen LogP contribution in [0.1, 0.15) is 12.8 Å². The molecular formula is C32H40N12O2. The normalized spacial score (nSPS) is 21.5. The number of piperidine rings is 2. The monoisotopic (exact) mass is 624 g/mol. The van der Waals surface area contributed by atoms with Crippen LogP contribution in [0.3, 0.4) is 0 Å². The molecule has 2 aliphatic rings. The molecule has 2 aliphatic heterocycles. The van der Waals surface area contributed by atoms with Gasteiger partial charge in [0.25, 0.3) is 0 Å². The number of amides is 2. The molecule has 2 fully saturated rings. The predicted octanol–water partition coefficient (Wildman–Crippen LogP) is 2.42. The molecule has 1 aromatic heterocycles. The van der Waals surface area contributed by atoms with Crippen LogP contribution in [-0.2, 0) is 0 Å². The number of aromatic hydroxyl groups is 1. The molecular weight excluding hydrogens is 584 g/mol. The first kappa shape index (κ1) is 31.0. The van der Waals surface area contributed by atoms with E-state index in [0.29, 0.717) is 68.0 Å². The molecule has 0 spiro atoms. The molecule has 0 bridgehead atoms. The SMILES string of the molecule is NC1CC(N)CN(c2nc(Nc3ccc(NC(=O)N(c4ccccc4)c4ccccc4)c(O)c3)nc(N3CC(N)CC(N)C3)n2)C1. The van der Waals surface area contributed by atoms with Crippen LogP contribution in [0.2, 0.25) is 0 Å². The van der Waals surface area contributed by atoms with Gasteiger partial charge in [0.05, 0.1) is 17.1 Å². The molecule has 11 N–H and O–H groups in total. The maximum atomic E-state index is 13.5. The highest BCUT2D eigenvalue weighted by molar-refractivity contribution is 6.07. The molecule has 4 atom stereocenters. The van der Waals surface area contributed by atoms with Gasteiger partial charge >= 0.3 is 6.03 Å². The van der Waals surface area contributed by atoms with Crippen LogP contribution in [-0.4, -0.2) is 76.4 Å². The van der Waals surface area contributed by atoms with E-state index in [9.17, 15) is 9.90 Å². The van der Waals surface area contributed by atoms with E-state index in [1.807, 2.05) is 70.5 Å². The van der Waals surface area contributed by atoms with Crippen LogP contribution in [0.4, 0.5) is 45.4 Å². The number of carbonyl (C=O) groups excluding carboxylic acids is 1. The zero-order chi connectivity index (χ0) is 32.2. The summed E-state index contributed by atoms with van der Waals surface area (Å²) in [5.74, 6) is 0.979. The van der Waals surface area contributed by atoms with Gasteiger partial charge in [-0.25, -0.2) is 4.79 Å². The fourth-order valence-corrected chi connectivity index (χ4v) is 5.93. The number of phenols is 1. The summed E-state index contributed by atoms with van der Waals surface area (Å²) in [6.07, 6.45) is 1.43. The fourth-order valence-electron chi connectivity index (χ4n) is 5.93. The van der Waals surface area contributed by atoms with Crippen molar-refractivity contribution in [3.8, 4) is 5.75 Å². The molecule has 4 aromatic rings. The molecule has 4 unspecified atom stereocenters. The molecule has 2 amide bonds. The van der Waals surface area contributed by atoms with E-state index in [1.165, 1.54) is 11.0 Å². The van der Waals surface area contributed by atoms with E-state index in [2.05, 4.69) is 20.6 Å². The molecule has 3 heterocycles. The Morgan fingerprint density at radius 1 is 0.717 bits per heavy atom. The van der Waals surface area contributed by atoms with Crippen LogP contribution in [0.25, 0.3) is 0 Å². The molecule has 14 nitrogen and oxygen atoms in total. The highest BCUT2D eigenvalue weighted by atomic mass is 16.3. The van der Waals surface area contributed by atoms with Gasteiger partial charge < -0.3 is 48.5 Å². The number of hydrogen-bond donors (Lipinski definition) is 7. The van der Waals surface area contributed by atoms with Crippen molar-refractivity contribution in [3.63, 3.8) is 0 Å². The summed E-state index contributed by atoms with van der Waals surface area (Å²) in [4.78, 5) is 33.1. The van der Waals surface area contributed by atoms with E-state index >= 15 is 0 Å². The Bertz CT molecular complexity index is 1540. The summed E-state index contributed by atoms with van der Waals surface area (Å²) in [6, 6.07) is 22.5. The molecule has 46 heavy (non-hydrogen) atoms. The Kier molecular flexibility index (Phi) is 9.12. The van der Waals surface area contributed by atoms with Crippen molar-refractivity contribution in [1.82, 2.24) is 15.0 Å². The first-order chi connectivity index (χ1) is 22.2. The third kappa shape index (κ3) is 7.26. The topological polar surface area (TPSA) is 214 Å². The van der Waals surface area contributed by atoms with E-state index in [0.717, 1.165) is 0 Å². The summed E-state index contributed by atoms with van der Waals surface area (Å²) < 4.78 is 0. The lowest BCUT2D eigenvalue weighted by Gasteiger charge is -2.37. The number of phenolic OH excluding ortho intramolecular Hbond substituents is 1. The fraction of sp³-hybridized carbons (Fsp3) is 0.312. The zero-order valence-corrected chi connectivity index (χ0v) is 25.4. The highest BCUT2D eigenvalue weighted by Gasteiger charge is 2.29. The number of aromatic nitrogens is 3. The van der Waals surface area contributed by atoms with Gasteiger partial charge in [0, 0.05) is 62.1 Å². The maximum Gasteiger partial charge on any atom is 0.331 e. The first-order valence-corrected chi connectivity index (χ1v) is 15.3. The Labute approximate surface area is 267 Å². The minimum absolute atomic E-state index is 0.114. The number of para-hydroxylation sites is 2. The number of carbonyl (C=O) groups is 1. The Morgan fingerprint density at radius 3 is 1.65 bits per heavy atom. The second kappa shape index (κ2) is 13.5. The average molecular weight is 625 g/mol. The number of urea groups is 1. The van der Waals surface area contributed by atoms with Gasteiger partial charge in [-0.3, -0.25) is 4.90 Å². The molecule has 0 saturated carbocycles. The Morgan fingerprint density at radius 2 is 1.20 bits per heavy atom. The molecule has 2 saturated heterocycles. The van der Waals surface area contributed by atoms with Crippen molar-refractivity contribution in [2.45, 2.75) is 37.0 Å². The van der Waals surface area contributed by atoms with Crippen molar-refractivity contribution in [2.75, 3.05) is 51.5 Å². The largest absolute Gasteiger partial charge is 0.506 e. The lowest BCUT2D eigenvalue weighted by Crippen LogP contribution is -2.54. The summed E-state index contributed by atoms with van der Waals surface area (Å²) in [5.41, 5.74) is 27.2. The summed E-state index contributed by atoms with van der Waals surface area (Å²) in [5, 5.41) is 17.0. The Balaban J connectivity index is 1.25. The quantitative estimate of drug-likeness (QED) is 0.148. The number of hydrogen-bond acceptors (Lipinski definition) is 12. The minimum Gasteiger partial charge on any atom is -0.506 e. The van der Waals surface area contributed by atoms with Crippen LogP contribution < -0.4 is 48.3 Å². The molecule has 240 valence electrons. The zero-order valence-electron chi connectivity index (χ0n) is 25.4. The smallest absolute Gasteiger partial charge is 0.331 e. The van der Waals surface area contributed by atoms with Crippen LogP contribution in [0, 0.1) is 0 Å². The van der Waals surface area contributed by atoms with Crippen LogP contribution in [0.15, 0.2) is 78.9 Å². The number of nitrogens with two attached hydrogens (primary N) is 4. The maximum absolute atomic E-state index is 13.5. The lowest BCUT2D eigenvalue weighted by atomic mass is 10.0. The van der Waals surface area contributed by atoms with Gasteiger partial charge in [0.1, 0.15) is 5.75 Å². The summed E-state index contributed by atoms with van der Waals surface area (Å²) >= 11 is 0. The third-order valence-corrected chi connectivity index (χ3v) is 7.94. The lowest BCUT2D eigenvalue weighted by molar-refractivity contribution is 0.259. The van der Waals surface area contributed by atoms with E-state index < -0.39 is 6.03 Å². The van der Waals surface area contributed by atoms with Gasteiger partial charge in [-0.05, 0) is 49.2 Å². The molecule has 3 aromatic carbocycles. The number of nitrogens with one attached hydrogen (secondary N) is 2. The van der Waals surface area contributed by atoms with Gasteiger partial charge in [0.2, 0.25) is 17.8 Å². The molecule has 6 rings (SSSR count). The van der Waals surface area contributed by atoms with Crippen molar-refractivity contribution < 1.29 is 9.90 Å².